The van der Waals surface area contributed by atoms with Gasteiger partial charge in [-0.2, -0.15) is 5.10 Å². The van der Waals surface area contributed by atoms with Gasteiger partial charge in [-0.05, 0) is 18.6 Å². The molecule has 0 bridgehead atoms. The fraction of sp³-hybridized carbons (Fsp3) is 0.286. The van der Waals surface area contributed by atoms with Crippen molar-refractivity contribution in [3.05, 3.63) is 52.8 Å². The molecule has 19 heavy (non-hydrogen) atoms. The van der Waals surface area contributed by atoms with Gasteiger partial charge in [0.15, 0.2) is 0 Å². The van der Waals surface area contributed by atoms with Crippen molar-refractivity contribution in [2.24, 2.45) is 0 Å². The highest BCUT2D eigenvalue weighted by atomic mass is 16.5. The first kappa shape index (κ1) is 13.3. The fourth-order valence-corrected chi connectivity index (χ4v) is 1.87. The molecule has 1 aromatic carbocycles. The topological polar surface area (TPSA) is 67.0 Å². The van der Waals surface area contributed by atoms with Gasteiger partial charge in [0, 0.05) is 24.3 Å². The van der Waals surface area contributed by atoms with E-state index in [2.05, 4.69) is 15.5 Å². The molecule has 5 heteroatoms. The lowest BCUT2D eigenvalue weighted by Gasteiger charge is -2.08. The molecule has 0 amide bonds. The van der Waals surface area contributed by atoms with Crippen molar-refractivity contribution in [1.29, 1.82) is 0 Å². The van der Waals surface area contributed by atoms with Gasteiger partial charge in [-0.1, -0.05) is 18.2 Å². The Balaban J connectivity index is 2.00. The molecule has 0 saturated heterocycles. The highest BCUT2D eigenvalue weighted by Crippen LogP contribution is 2.10. The minimum Gasteiger partial charge on any atom is -0.465 e. The van der Waals surface area contributed by atoms with Crippen LogP contribution < -0.4 is 5.32 Å². The maximum absolute atomic E-state index is 11.6. The number of aryl methyl sites for hydroxylation is 1. The third-order valence-corrected chi connectivity index (χ3v) is 2.99. The summed E-state index contributed by atoms with van der Waals surface area (Å²) >= 11 is 0. The molecular weight excluding hydrogens is 242 g/mol. The number of methoxy groups -OCH3 is 1. The molecule has 0 fully saturated rings. The van der Waals surface area contributed by atoms with Crippen molar-refractivity contribution in [1.82, 2.24) is 15.5 Å². The summed E-state index contributed by atoms with van der Waals surface area (Å²) in [7, 11) is 1.39. The van der Waals surface area contributed by atoms with Gasteiger partial charge >= 0.3 is 5.97 Å². The van der Waals surface area contributed by atoms with Gasteiger partial charge in [-0.15, -0.1) is 0 Å². The number of nitrogens with zero attached hydrogens (tertiary/aromatic N) is 1. The Morgan fingerprint density at radius 3 is 2.74 bits per heavy atom. The van der Waals surface area contributed by atoms with Crippen molar-refractivity contribution in [3.8, 4) is 0 Å². The molecule has 0 saturated carbocycles. The Morgan fingerprint density at radius 1 is 1.32 bits per heavy atom. The van der Waals surface area contributed by atoms with Crippen LogP contribution in [0.25, 0.3) is 0 Å². The Morgan fingerprint density at radius 2 is 2.05 bits per heavy atom. The standard InChI is InChI=1S/C14H17N3O2/c1-10-12(9-16-17-10)8-15-7-11-5-3-4-6-13(11)14(18)19-2/h3-6,9,15H,7-8H2,1-2H3,(H,16,17). The van der Waals surface area contributed by atoms with Gasteiger partial charge in [0.1, 0.15) is 0 Å². The number of H-pyrrole nitrogens is 1. The molecule has 2 aromatic rings. The Hall–Kier alpha value is -2.14. The lowest BCUT2D eigenvalue weighted by molar-refractivity contribution is 0.0599. The zero-order valence-electron chi connectivity index (χ0n) is 11.1. The van der Waals surface area contributed by atoms with E-state index in [1.165, 1.54) is 7.11 Å². The summed E-state index contributed by atoms with van der Waals surface area (Å²) < 4.78 is 4.77. The summed E-state index contributed by atoms with van der Waals surface area (Å²) in [6, 6.07) is 7.43. The number of benzene rings is 1. The Kier molecular flexibility index (Phi) is 4.30. The highest BCUT2D eigenvalue weighted by Gasteiger charge is 2.10. The van der Waals surface area contributed by atoms with Gasteiger partial charge in [0.05, 0.1) is 18.9 Å². The summed E-state index contributed by atoms with van der Waals surface area (Å²) in [5.74, 6) is -0.308. The van der Waals surface area contributed by atoms with Crippen LogP contribution in [0.1, 0.15) is 27.2 Å². The predicted octanol–water partition coefficient (Wildman–Crippen LogP) is 1.79. The molecule has 0 unspecified atom stereocenters. The average Bonchev–Trinajstić information content (AvgIpc) is 2.84. The van der Waals surface area contributed by atoms with Crippen LogP contribution in [-0.2, 0) is 17.8 Å². The maximum Gasteiger partial charge on any atom is 0.338 e. The molecule has 100 valence electrons. The number of rotatable bonds is 5. The van der Waals surface area contributed by atoms with Crippen LogP contribution in [0.4, 0.5) is 0 Å². The van der Waals surface area contributed by atoms with Crippen LogP contribution in [-0.4, -0.2) is 23.3 Å². The zero-order valence-corrected chi connectivity index (χ0v) is 11.1. The maximum atomic E-state index is 11.6. The number of aromatic nitrogens is 2. The number of carbonyl (C=O) groups is 1. The fourth-order valence-electron chi connectivity index (χ4n) is 1.87. The quantitative estimate of drug-likeness (QED) is 0.803. The second-order valence-corrected chi connectivity index (χ2v) is 4.27. The smallest absolute Gasteiger partial charge is 0.338 e. The van der Waals surface area contributed by atoms with Gasteiger partial charge in [-0.3, -0.25) is 5.10 Å². The van der Waals surface area contributed by atoms with Crippen molar-refractivity contribution < 1.29 is 9.53 Å². The van der Waals surface area contributed by atoms with Crippen LogP contribution in [0.15, 0.2) is 30.5 Å². The van der Waals surface area contributed by atoms with Crippen molar-refractivity contribution >= 4 is 5.97 Å². The first-order valence-corrected chi connectivity index (χ1v) is 6.08. The molecular formula is C14H17N3O2. The second-order valence-electron chi connectivity index (χ2n) is 4.27. The van der Waals surface area contributed by atoms with Crippen molar-refractivity contribution in [2.45, 2.75) is 20.0 Å². The summed E-state index contributed by atoms with van der Waals surface area (Å²) in [6.07, 6.45) is 1.80. The largest absolute Gasteiger partial charge is 0.465 e. The SMILES string of the molecule is COC(=O)c1ccccc1CNCc1cn[nH]c1C. The van der Waals surface area contributed by atoms with Gasteiger partial charge in [0.25, 0.3) is 0 Å². The third-order valence-electron chi connectivity index (χ3n) is 2.99. The number of nitrogens with one attached hydrogen (secondary N) is 2. The third kappa shape index (κ3) is 3.20. The molecule has 1 heterocycles. The number of carbonyl (C=O) groups excluding carboxylic acids is 1. The van der Waals surface area contributed by atoms with Gasteiger partial charge < -0.3 is 10.1 Å². The van der Waals surface area contributed by atoms with Crippen LogP contribution >= 0.6 is 0 Å². The molecule has 0 aliphatic heterocycles. The molecule has 2 N–H and O–H groups in total. The van der Waals surface area contributed by atoms with Crippen molar-refractivity contribution in [2.75, 3.05) is 7.11 Å². The lowest BCUT2D eigenvalue weighted by atomic mass is 10.1. The molecule has 0 spiro atoms. The van der Waals surface area contributed by atoms with E-state index in [0.717, 1.165) is 16.8 Å². The molecule has 1 aromatic heterocycles. The van der Waals surface area contributed by atoms with E-state index in [4.69, 9.17) is 4.74 Å². The molecule has 0 atom stereocenters. The molecule has 5 nitrogen and oxygen atoms in total. The van der Waals surface area contributed by atoms with E-state index in [-0.39, 0.29) is 5.97 Å². The normalized spacial score (nSPS) is 10.4. The second kappa shape index (κ2) is 6.15. The van der Waals surface area contributed by atoms with E-state index in [1.54, 1.807) is 12.3 Å². The number of aromatic amines is 1. The summed E-state index contributed by atoms with van der Waals surface area (Å²) in [4.78, 5) is 11.6. The number of esters is 1. The number of ether oxygens (including phenoxy) is 1. The summed E-state index contributed by atoms with van der Waals surface area (Å²) in [6.45, 7) is 3.29. The minimum atomic E-state index is -0.308. The monoisotopic (exact) mass is 259 g/mol. The molecule has 0 aliphatic carbocycles. The van der Waals surface area contributed by atoms with Crippen LogP contribution in [0.2, 0.25) is 0 Å². The van der Waals surface area contributed by atoms with Gasteiger partial charge in [-0.25, -0.2) is 4.79 Å². The summed E-state index contributed by atoms with van der Waals surface area (Å²) in [5, 5.41) is 10.2. The van der Waals surface area contributed by atoms with E-state index >= 15 is 0 Å². The van der Waals surface area contributed by atoms with E-state index < -0.39 is 0 Å². The molecule has 0 aliphatic rings. The van der Waals surface area contributed by atoms with Crippen LogP contribution in [0, 0.1) is 6.92 Å². The Bertz CT molecular complexity index is 563. The predicted molar refractivity (Wildman–Crippen MR) is 71.6 cm³/mol. The number of hydrogen-bond acceptors (Lipinski definition) is 4. The number of hydrogen-bond donors (Lipinski definition) is 2. The summed E-state index contributed by atoms with van der Waals surface area (Å²) in [5.41, 5.74) is 3.70. The van der Waals surface area contributed by atoms with Gasteiger partial charge in [0.2, 0.25) is 0 Å². The Labute approximate surface area is 112 Å². The van der Waals surface area contributed by atoms with E-state index in [9.17, 15) is 4.79 Å². The average molecular weight is 259 g/mol. The molecule has 0 radical (unpaired) electrons. The van der Waals surface area contributed by atoms with Crippen LogP contribution in [0.3, 0.4) is 0 Å². The van der Waals surface area contributed by atoms with Crippen LogP contribution in [0.5, 0.6) is 0 Å². The lowest BCUT2D eigenvalue weighted by Crippen LogP contribution is -2.16. The van der Waals surface area contributed by atoms with E-state index in [1.807, 2.05) is 25.1 Å². The van der Waals surface area contributed by atoms with Crippen molar-refractivity contribution in [3.63, 3.8) is 0 Å². The minimum absolute atomic E-state index is 0.308. The first-order chi connectivity index (χ1) is 9.22. The first-order valence-electron chi connectivity index (χ1n) is 6.08. The van der Waals surface area contributed by atoms with E-state index in [0.29, 0.717) is 18.7 Å². The molecule has 2 rings (SSSR count). The highest BCUT2D eigenvalue weighted by molar-refractivity contribution is 5.90. The zero-order chi connectivity index (χ0) is 13.7.